The van der Waals surface area contributed by atoms with E-state index < -0.39 is 29.3 Å². The number of aliphatic hydroxyl groups excluding tert-OH is 2. The highest BCUT2D eigenvalue weighted by Crippen LogP contribution is 2.27. The minimum Gasteiger partial charge on any atom is -0.477 e. The molecule has 1 rings (SSSR count). The van der Waals surface area contributed by atoms with Crippen LogP contribution in [0.4, 0.5) is 5.69 Å². The Hall–Kier alpha value is -1.64. The van der Waals surface area contributed by atoms with Crippen molar-refractivity contribution in [3.05, 3.63) is 33.9 Å². The molecule has 0 spiro atoms. The molecule has 7 nitrogen and oxygen atoms in total. The molecular formula is C10H11NO6S. The summed E-state index contributed by atoms with van der Waals surface area (Å²) in [7, 11) is 0. The lowest BCUT2D eigenvalue weighted by Gasteiger charge is -2.07. The topological polar surface area (TPSA) is 121 Å². The van der Waals surface area contributed by atoms with Crippen LogP contribution in [-0.2, 0) is 0 Å². The minimum absolute atomic E-state index is 0.167. The third-order valence-corrected chi connectivity index (χ3v) is 3.19. The van der Waals surface area contributed by atoms with E-state index in [2.05, 4.69) is 0 Å². The first-order chi connectivity index (χ1) is 8.45. The van der Waals surface area contributed by atoms with Gasteiger partial charge in [0.25, 0.3) is 5.69 Å². The second kappa shape index (κ2) is 6.34. The van der Waals surface area contributed by atoms with Crippen LogP contribution in [0.5, 0.6) is 0 Å². The molecule has 0 aliphatic carbocycles. The van der Waals surface area contributed by atoms with E-state index in [-0.39, 0.29) is 11.3 Å². The van der Waals surface area contributed by atoms with Gasteiger partial charge in [-0.15, -0.1) is 11.8 Å². The molecule has 1 aromatic carbocycles. The van der Waals surface area contributed by atoms with Gasteiger partial charge in [-0.1, -0.05) is 0 Å². The van der Waals surface area contributed by atoms with Crippen molar-refractivity contribution in [1.29, 1.82) is 0 Å². The fourth-order valence-corrected chi connectivity index (χ4v) is 2.03. The SMILES string of the molecule is O=C(O)c1ccc(SCC(O)CO)cc1[N+](=O)[O-]. The van der Waals surface area contributed by atoms with Crippen LogP contribution in [0.25, 0.3) is 0 Å². The lowest BCUT2D eigenvalue weighted by atomic mass is 10.2. The van der Waals surface area contributed by atoms with Crippen molar-refractivity contribution in [1.82, 2.24) is 0 Å². The molecular weight excluding hydrogens is 262 g/mol. The number of aromatic carboxylic acids is 1. The predicted molar refractivity (Wildman–Crippen MR) is 63.9 cm³/mol. The largest absolute Gasteiger partial charge is 0.477 e. The van der Waals surface area contributed by atoms with Crippen LogP contribution < -0.4 is 0 Å². The molecule has 1 atom stereocenters. The maximum absolute atomic E-state index is 10.8. The van der Waals surface area contributed by atoms with E-state index in [0.29, 0.717) is 4.90 Å². The highest BCUT2D eigenvalue weighted by atomic mass is 32.2. The summed E-state index contributed by atoms with van der Waals surface area (Å²) < 4.78 is 0. The van der Waals surface area contributed by atoms with Crippen molar-refractivity contribution in [2.45, 2.75) is 11.0 Å². The van der Waals surface area contributed by atoms with E-state index >= 15 is 0 Å². The molecule has 8 heteroatoms. The van der Waals surface area contributed by atoms with Gasteiger partial charge in [0.15, 0.2) is 0 Å². The molecule has 18 heavy (non-hydrogen) atoms. The average molecular weight is 273 g/mol. The van der Waals surface area contributed by atoms with Crippen molar-refractivity contribution in [3.63, 3.8) is 0 Å². The standard InChI is InChI=1S/C10H11NO6S/c12-4-6(13)5-18-7-1-2-8(10(14)15)9(3-7)11(16)17/h1-3,6,12-13H,4-5H2,(H,14,15). The summed E-state index contributed by atoms with van der Waals surface area (Å²) in [5, 5.41) is 37.3. The Morgan fingerprint density at radius 3 is 2.67 bits per heavy atom. The van der Waals surface area contributed by atoms with Gasteiger partial charge in [0.2, 0.25) is 0 Å². The summed E-state index contributed by atoms with van der Waals surface area (Å²) in [5.41, 5.74) is -0.877. The number of nitro groups is 1. The van der Waals surface area contributed by atoms with Crippen LogP contribution in [0.1, 0.15) is 10.4 Å². The molecule has 0 radical (unpaired) electrons. The van der Waals surface area contributed by atoms with E-state index in [9.17, 15) is 14.9 Å². The van der Waals surface area contributed by atoms with Crippen molar-refractivity contribution in [2.75, 3.05) is 12.4 Å². The number of nitrogens with zero attached hydrogens (tertiary/aromatic N) is 1. The Morgan fingerprint density at radius 1 is 1.50 bits per heavy atom. The minimum atomic E-state index is -1.37. The summed E-state index contributed by atoms with van der Waals surface area (Å²) in [6, 6.07) is 3.71. The predicted octanol–water partition coefficient (Wildman–Crippen LogP) is 0.738. The summed E-state index contributed by atoms with van der Waals surface area (Å²) in [6.45, 7) is -0.400. The number of carboxylic acids is 1. The number of rotatable bonds is 6. The van der Waals surface area contributed by atoms with Gasteiger partial charge in [0.1, 0.15) is 5.56 Å². The smallest absolute Gasteiger partial charge is 0.342 e. The summed E-state index contributed by atoms with van der Waals surface area (Å²) in [5.74, 6) is -1.20. The maximum Gasteiger partial charge on any atom is 0.342 e. The van der Waals surface area contributed by atoms with E-state index in [1.165, 1.54) is 6.07 Å². The molecule has 0 aromatic heterocycles. The van der Waals surface area contributed by atoms with Crippen LogP contribution in [-0.4, -0.2) is 44.7 Å². The zero-order valence-electron chi connectivity index (χ0n) is 9.15. The molecule has 1 unspecified atom stereocenters. The normalized spacial score (nSPS) is 12.1. The quantitative estimate of drug-likeness (QED) is 0.397. The Bertz CT molecular complexity index is 464. The lowest BCUT2D eigenvalue weighted by Crippen LogP contribution is -2.14. The molecule has 0 fully saturated rings. The zero-order chi connectivity index (χ0) is 13.7. The molecule has 0 aliphatic heterocycles. The van der Waals surface area contributed by atoms with Crippen LogP contribution in [0.15, 0.2) is 23.1 Å². The van der Waals surface area contributed by atoms with Gasteiger partial charge in [-0.2, -0.15) is 0 Å². The number of thioether (sulfide) groups is 1. The Balaban J connectivity index is 2.93. The molecule has 0 bridgehead atoms. The van der Waals surface area contributed by atoms with Gasteiger partial charge in [-0.3, -0.25) is 10.1 Å². The van der Waals surface area contributed by atoms with E-state index in [1.807, 2.05) is 0 Å². The van der Waals surface area contributed by atoms with Crippen LogP contribution in [0.2, 0.25) is 0 Å². The number of carboxylic acid groups (broad SMARTS) is 1. The molecule has 0 aliphatic rings. The molecule has 0 amide bonds. The van der Waals surface area contributed by atoms with Crippen LogP contribution >= 0.6 is 11.8 Å². The molecule has 0 heterocycles. The van der Waals surface area contributed by atoms with Crippen molar-refractivity contribution in [2.24, 2.45) is 0 Å². The zero-order valence-corrected chi connectivity index (χ0v) is 9.96. The third kappa shape index (κ3) is 3.69. The molecule has 1 aromatic rings. The monoisotopic (exact) mass is 273 g/mol. The van der Waals surface area contributed by atoms with Crippen molar-refractivity contribution >= 4 is 23.4 Å². The second-order valence-corrected chi connectivity index (χ2v) is 4.48. The number of nitro benzene ring substituents is 1. The summed E-state index contributed by atoms with van der Waals surface area (Å²) in [6.07, 6.45) is -0.923. The molecule has 0 saturated heterocycles. The molecule has 98 valence electrons. The van der Waals surface area contributed by atoms with Gasteiger partial charge in [-0.25, -0.2) is 4.79 Å². The highest BCUT2D eigenvalue weighted by molar-refractivity contribution is 7.99. The second-order valence-electron chi connectivity index (χ2n) is 3.39. The van der Waals surface area contributed by atoms with Crippen molar-refractivity contribution in [3.8, 4) is 0 Å². The Kier molecular flexibility index (Phi) is 5.08. The first-order valence-corrected chi connectivity index (χ1v) is 5.87. The van der Waals surface area contributed by atoms with E-state index in [4.69, 9.17) is 15.3 Å². The van der Waals surface area contributed by atoms with Gasteiger partial charge < -0.3 is 15.3 Å². The fourth-order valence-electron chi connectivity index (χ4n) is 1.18. The van der Waals surface area contributed by atoms with Gasteiger partial charge >= 0.3 is 5.97 Å². The third-order valence-electron chi connectivity index (χ3n) is 2.05. The van der Waals surface area contributed by atoms with Gasteiger partial charge in [-0.05, 0) is 12.1 Å². The number of hydrogen-bond acceptors (Lipinski definition) is 6. The number of benzene rings is 1. The van der Waals surface area contributed by atoms with Gasteiger partial charge in [0.05, 0.1) is 17.6 Å². The van der Waals surface area contributed by atoms with Crippen molar-refractivity contribution < 1.29 is 25.0 Å². The highest BCUT2D eigenvalue weighted by Gasteiger charge is 2.20. The number of carbonyl (C=O) groups is 1. The Labute approximate surface area is 106 Å². The molecule has 0 saturated carbocycles. The lowest BCUT2D eigenvalue weighted by molar-refractivity contribution is -0.385. The van der Waals surface area contributed by atoms with Crippen LogP contribution in [0.3, 0.4) is 0 Å². The van der Waals surface area contributed by atoms with Crippen LogP contribution in [0, 0.1) is 10.1 Å². The number of hydrogen-bond donors (Lipinski definition) is 3. The number of aliphatic hydroxyl groups is 2. The average Bonchev–Trinajstić information content (AvgIpc) is 2.35. The summed E-state index contributed by atoms with van der Waals surface area (Å²) in [4.78, 5) is 21.2. The fraction of sp³-hybridized carbons (Fsp3) is 0.300. The summed E-state index contributed by atoms with van der Waals surface area (Å²) >= 11 is 1.10. The van der Waals surface area contributed by atoms with Gasteiger partial charge in [0, 0.05) is 16.7 Å². The first-order valence-electron chi connectivity index (χ1n) is 4.89. The maximum atomic E-state index is 10.8. The van der Waals surface area contributed by atoms with E-state index in [1.54, 1.807) is 0 Å². The van der Waals surface area contributed by atoms with E-state index in [0.717, 1.165) is 23.9 Å². The molecule has 3 N–H and O–H groups in total. The first kappa shape index (κ1) is 14.4. The Morgan fingerprint density at radius 2 is 2.17 bits per heavy atom.